The number of aliphatic hydroxyl groups is 1. The van der Waals surface area contributed by atoms with Gasteiger partial charge in [-0.2, -0.15) is 0 Å². The number of hydrogen-bond acceptors (Lipinski definition) is 3. The molecule has 0 fully saturated rings. The number of aliphatic hydroxyl groups excluding tert-OH is 1. The fourth-order valence-corrected chi connectivity index (χ4v) is 1.99. The van der Waals surface area contributed by atoms with Crippen molar-refractivity contribution in [1.29, 1.82) is 0 Å². The molecule has 2 aromatic carbocycles. The molecule has 1 amide bonds. The van der Waals surface area contributed by atoms with E-state index in [1.165, 1.54) is 0 Å². The number of carbonyl (C=O) groups excluding carboxylic acids is 1. The number of benzene rings is 2. The summed E-state index contributed by atoms with van der Waals surface area (Å²) in [5.74, 6) is -0.119. The van der Waals surface area contributed by atoms with E-state index in [1.807, 2.05) is 67.4 Å². The van der Waals surface area contributed by atoms with E-state index in [9.17, 15) is 4.79 Å². The number of carbonyl (C=O) groups is 1. The fourth-order valence-electron chi connectivity index (χ4n) is 1.99. The van der Waals surface area contributed by atoms with E-state index < -0.39 is 0 Å². The van der Waals surface area contributed by atoms with Crippen LogP contribution in [0, 0.1) is 6.92 Å². The topological polar surface area (TPSA) is 52.6 Å². The molecule has 0 radical (unpaired) electrons. The third-order valence-electron chi connectivity index (χ3n) is 3.32. The van der Waals surface area contributed by atoms with Crippen molar-refractivity contribution < 1.29 is 9.90 Å². The van der Waals surface area contributed by atoms with Crippen LogP contribution < -0.4 is 10.2 Å². The number of likely N-dealkylation sites (N-methyl/N-ethyl adjacent to an activating group) is 1. The summed E-state index contributed by atoms with van der Waals surface area (Å²) < 4.78 is 0. The number of anilines is 2. The minimum Gasteiger partial charge on any atom is -0.395 e. The molecule has 4 nitrogen and oxygen atoms in total. The van der Waals surface area contributed by atoms with Gasteiger partial charge < -0.3 is 15.3 Å². The molecule has 0 unspecified atom stereocenters. The van der Waals surface area contributed by atoms with Crippen molar-refractivity contribution in [2.45, 2.75) is 6.92 Å². The minimum atomic E-state index is -0.119. The lowest BCUT2D eigenvalue weighted by atomic mass is 10.1. The van der Waals surface area contributed by atoms with Crippen LogP contribution >= 0.6 is 0 Å². The second kappa shape index (κ2) is 6.90. The summed E-state index contributed by atoms with van der Waals surface area (Å²) in [5, 5.41) is 11.8. The van der Waals surface area contributed by atoms with Crippen molar-refractivity contribution in [1.82, 2.24) is 0 Å². The Bertz CT molecular complexity index is 591. The zero-order valence-corrected chi connectivity index (χ0v) is 12.3. The van der Waals surface area contributed by atoms with Gasteiger partial charge >= 0.3 is 0 Å². The predicted octanol–water partition coefficient (Wildman–Crippen LogP) is 2.68. The molecule has 0 saturated carbocycles. The molecule has 0 atom stereocenters. The smallest absolute Gasteiger partial charge is 0.255 e. The number of hydrogen-bond donors (Lipinski definition) is 2. The molecular formula is C17H20N2O2. The van der Waals surface area contributed by atoms with Crippen molar-refractivity contribution in [2.24, 2.45) is 0 Å². The molecule has 2 aromatic rings. The van der Waals surface area contributed by atoms with E-state index in [4.69, 9.17) is 5.11 Å². The minimum absolute atomic E-state index is 0.114. The van der Waals surface area contributed by atoms with Crippen molar-refractivity contribution in [3.63, 3.8) is 0 Å². The van der Waals surface area contributed by atoms with Gasteiger partial charge in [0.05, 0.1) is 6.61 Å². The quantitative estimate of drug-likeness (QED) is 0.887. The van der Waals surface area contributed by atoms with Crippen molar-refractivity contribution in [2.75, 3.05) is 30.4 Å². The van der Waals surface area contributed by atoms with Gasteiger partial charge in [-0.05, 0) is 43.3 Å². The summed E-state index contributed by atoms with van der Waals surface area (Å²) >= 11 is 0. The third kappa shape index (κ3) is 4.07. The van der Waals surface area contributed by atoms with Crippen molar-refractivity contribution in [3.05, 3.63) is 59.7 Å². The normalized spacial score (nSPS) is 10.2. The van der Waals surface area contributed by atoms with Crippen LogP contribution in [0.1, 0.15) is 15.9 Å². The Morgan fingerprint density at radius 1 is 1.10 bits per heavy atom. The first kappa shape index (κ1) is 15.1. The summed E-state index contributed by atoms with van der Waals surface area (Å²) in [6, 6.07) is 15.0. The maximum Gasteiger partial charge on any atom is 0.255 e. The Labute approximate surface area is 125 Å². The second-order valence-electron chi connectivity index (χ2n) is 5.01. The molecule has 0 aliphatic carbocycles. The van der Waals surface area contributed by atoms with E-state index in [0.29, 0.717) is 12.1 Å². The van der Waals surface area contributed by atoms with Gasteiger partial charge in [0.25, 0.3) is 5.91 Å². The lowest BCUT2D eigenvalue weighted by Crippen LogP contribution is -2.21. The maximum atomic E-state index is 12.1. The van der Waals surface area contributed by atoms with E-state index in [1.54, 1.807) is 0 Å². The molecule has 2 rings (SSSR count). The average Bonchev–Trinajstić information content (AvgIpc) is 2.49. The van der Waals surface area contributed by atoms with Crippen molar-refractivity contribution >= 4 is 17.3 Å². The monoisotopic (exact) mass is 284 g/mol. The van der Waals surface area contributed by atoms with E-state index in [-0.39, 0.29) is 12.5 Å². The molecule has 0 saturated heterocycles. The molecule has 0 aromatic heterocycles. The molecule has 110 valence electrons. The second-order valence-corrected chi connectivity index (χ2v) is 5.01. The third-order valence-corrected chi connectivity index (χ3v) is 3.32. The van der Waals surface area contributed by atoms with E-state index in [0.717, 1.165) is 16.9 Å². The highest BCUT2D eigenvalue weighted by Crippen LogP contribution is 2.17. The highest BCUT2D eigenvalue weighted by atomic mass is 16.3. The van der Waals surface area contributed by atoms with Crippen LogP contribution in [0.25, 0.3) is 0 Å². The number of nitrogens with zero attached hydrogens (tertiary/aromatic N) is 1. The Balaban J connectivity index is 2.03. The van der Waals surface area contributed by atoms with Gasteiger partial charge in [0.2, 0.25) is 0 Å². The lowest BCUT2D eigenvalue weighted by Gasteiger charge is -2.18. The van der Waals surface area contributed by atoms with Crippen LogP contribution in [-0.2, 0) is 0 Å². The first-order chi connectivity index (χ1) is 10.1. The lowest BCUT2D eigenvalue weighted by molar-refractivity contribution is 0.102. The first-order valence-electron chi connectivity index (χ1n) is 6.90. The Kier molecular flexibility index (Phi) is 4.95. The predicted molar refractivity (Wildman–Crippen MR) is 85.9 cm³/mol. The van der Waals surface area contributed by atoms with Gasteiger partial charge in [-0.15, -0.1) is 0 Å². The van der Waals surface area contributed by atoms with E-state index in [2.05, 4.69) is 5.32 Å². The Morgan fingerprint density at radius 3 is 2.29 bits per heavy atom. The maximum absolute atomic E-state index is 12.1. The molecule has 0 heterocycles. The number of nitrogens with one attached hydrogen (secondary N) is 1. The van der Waals surface area contributed by atoms with Crippen LogP contribution in [0.4, 0.5) is 11.4 Å². The number of aryl methyl sites for hydroxylation is 1. The van der Waals surface area contributed by atoms with Crippen LogP contribution in [0.5, 0.6) is 0 Å². The van der Waals surface area contributed by atoms with Crippen LogP contribution in [-0.4, -0.2) is 31.2 Å². The summed E-state index contributed by atoms with van der Waals surface area (Å²) in [6.07, 6.45) is 0. The molecule has 0 spiro atoms. The van der Waals surface area contributed by atoms with Gasteiger partial charge in [-0.1, -0.05) is 17.7 Å². The molecule has 4 heteroatoms. The van der Waals surface area contributed by atoms with Crippen molar-refractivity contribution in [3.8, 4) is 0 Å². The molecule has 0 aliphatic heterocycles. The highest BCUT2D eigenvalue weighted by molar-refractivity contribution is 6.04. The van der Waals surface area contributed by atoms with Gasteiger partial charge in [0.1, 0.15) is 0 Å². The summed E-state index contributed by atoms with van der Waals surface area (Å²) in [7, 11) is 1.91. The van der Waals surface area contributed by atoms with Gasteiger partial charge in [-0.25, -0.2) is 0 Å². The molecule has 2 N–H and O–H groups in total. The van der Waals surface area contributed by atoms with Crippen LogP contribution in [0.15, 0.2) is 48.5 Å². The zero-order chi connectivity index (χ0) is 15.2. The first-order valence-corrected chi connectivity index (χ1v) is 6.90. The number of amides is 1. The van der Waals surface area contributed by atoms with Gasteiger partial charge in [0.15, 0.2) is 0 Å². The molecule has 21 heavy (non-hydrogen) atoms. The summed E-state index contributed by atoms with van der Waals surface area (Å²) in [6.45, 7) is 2.68. The largest absolute Gasteiger partial charge is 0.395 e. The number of rotatable bonds is 5. The van der Waals surface area contributed by atoms with Crippen LogP contribution in [0.3, 0.4) is 0 Å². The molecule has 0 aliphatic rings. The SMILES string of the molecule is Cc1ccc(C(=O)Nc2ccc(N(C)CCO)cc2)cc1. The van der Waals surface area contributed by atoms with Gasteiger partial charge in [-0.3, -0.25) is 4.79 Å². The van der Waals surface area contributed by atoms with Crippen LogP contribution in [0.2, 0.25) is 0 Å². The average molecular weight is 284 g/mol. The fraction of sp³-hybridized carbons (Fsp3) is 0.235. The summed E-state index contributed by atoms with van der Waals surface area (Å²) in [4.78, 5) is 14.0. The summed E-state index contributed by atoms with van der Waals surface area (Å²) in [5.41, 5.74) is 3.52. The van der Waals surface area contributed by atoms with E-state index >= 15 is 0 Å². The Morgan fingerprint density at radius 2 is 1.71 bits per heavy atom. The molecule has 0 bridgehead atoms. The van der Waals surface area contributed by atoms with Gasteiger partial charge in [0, 0.05) is 30.5 Å². The molecular weight excluding hydrogens is 264 g/mol. The highest BCUT2D eigenvalue weighted by Gasteiger charge is 2.06. The standard InChI is InChI=1S/C17H20N2O2/c1-13-3-5-14(6-4-13)17(21)18-15-7-9-16(10-8-15)19(2)11-12-20/h3-10,20H,11-12H2,1-2H3,(H,18,21). The Hall–Kier alpha value is -2.33. The zero-order valence-electron chi connectivity index (χ0n) is 12.3.